The van der Waals surface area contributed by atoms with Gasteiger partial charge in [0.2, 0.25) is 11.7 Å². The van der Waals surface area contributed by atoms with E-state index in [-0.39, 0.29) is 34.3 Å². The summed E-state index contributed by atoms with van der Waals surface area (Å²) in [6, 6.07) is 13.1. The van der Waals surface area contributed by atoms with Gasteiger partial charge in [-0.1, -0.05) is 18.2 Å². The summed E-state index contributed by atoms with van der Waals surface area (Å²) < 4.78 is 52.5. The van der Waals surface area contributed by atoms with E-state index in [0.29, 0.717) is 16.8 Å². The molecule has 38 heavy (non-hydrogen) atoms. The van der Waals surface area contributed by atoms with Gasteiger partial charge in [-0.25, -0.2) is 4.98 Å². The van der Waals surface area contributed by atoms with Gasteiger partial charge < -0.3 is 8.83 Å². The molecule has 0 fully saturated rings. The van der Waals surface area contributed by atoms with Crippen LogP contribution in [-0.2, 0) is 6.18 Å². The first kappa shape index (κ1) is 23.3. The first-order valence-electron chi connectivity index (χ1n) is 11.3. The first-order chi connectivity index (χ1) is 18.3. The minimum atomic E-state index is -4.50. The molecule has 6 aromatic rings. The molecular formula is C27H16F3N5O3. The smallest absolute Gasteiger partial charge is 0.416 e. The molecule has 0 unspecified atom stereocenters. The van der Waals surface area contributed by atoms with Gasteiger partial charge in [-0.2, -0.15) is 18.2 Å². The number of fused-ring (bicyclic) bond motifs is 1. The molecule has 0 N–H and O–H groups in total. The lowest BCUT2D eigenvalue weighted by molar-refractivity contribution is -0.137. The molecule has 0 radical (unpaired) electrons. The Hall–Kier alpha value is -5.06. The lowest BCUT2D eigenvalue weighted by Crippen LogP contribution is -2.19. The summed E-state index contributed by atoms with van der Waals surface area (Å²) in [4.78, 5) is 30.4. The van der Waals surface area contributed by atoms with Crippen LogP contribution in [0.15, 0.2) is 93.0 Å². The van der Waals surface area contributed by atoms with E-state index in [9.17, 15) is 18.0 Å². The van der Waals surface area contributed by atoms with Crippen LogP contribution in [0.3, 0.4) is 0 Å². The molecule has 0 bridgehead atoms. The van der Waals surface area contributed by atoms with E-state index < -0.39 is 17.3 Å². The fourth-order valence-corrected chi connectivity index (χ4v) is 4.00. The SMILES string of the molecule is Cc1cc(-c2ncc(-c3nc(-n4ccc5cccnc5c4=O)c(-c4ccc(C(F)(F)F)cc4)o3)o2)ccn1. The van der Waals surface area contributed by atoms with Crippen LogP contribution in [0.4, 0.5) is 13.2 Å². The number of hydrogen-bond acceptors (Lipinski definition) is 7. The number of oxazole rings is 2. The molecule has 6 rings (SSSR count). The lowest BCUT2D eigenvalue weighted by Gasteiger charge is -2.08. The largest absolute Gasteiger partial charge is 0.431 e. The average Bonchev–Trinajstić information content (AvgIpc) is 3.57. The maximum Gasteiger partial charge on any atom is 0.416 e. The number of nitrogens with zero attached hydrogens (tertiary/aromatic N) is 5. The highest BCUT2D eigenvalue weighted by Crippen LogP contribution is 2.36. The molecule has 5 heterocycles. The number of benzene rings is 1. The van der Waals surface area contributed by atoms with E-state index in [2.05, 4.69) is 19.9 Å². The van der Waals surface area contributed by atoms with Crippen molar-refractivity contribution < 1.29 is 22.0 Å². The molecule has 11 heteroatoms. The fourth-order valence-electron chi connectivity index (χ4n) is 4.00. The molecule has 0 amide bonds. The van der Waals surface area contributed by atoms with Gasteiger partial charge in [0.05, 0.1) is 11.8 Å². The van der Waals surface area contributed by atoms with E-state index in [0.717, 1.165) is 17.8 Å². The molecule has 0 saturated carbocycles. The monoisotopic (exact) mass is 515 g/mol. The predicted molar refractivity (Wildman–Crippen MR) is 131 cm³/mol. The molecule has 8 nitrogen and oxygen atoms in total. The molecule has 5 aromatic heterocycles. The minimum Gasteiger partial charge on any atom is -0.431 e. The van der Waals surface area contributed by atoms with Crippen LogP contribution in [0.5, 0.6) is 0 Å². The zero-order chi connectivity index (χ0) is 26.4. The molecular weight excluding hydrogens is 499 g/mol. The average molecular weight is 515 g/mol. The molecule has 0 spiro atoms. The second-order valence-corrected chi connectivity index (χ2v) is 8.39. The van der Waals surface area contributed by atoms with Crippen LogP contribution in [0, 0.1) is 6.92 Å². The van der Waals surface area contributed by atoms with Gasteiger partial charge in [0.1, 0.15) is 5.52 Å². The van der Waals surface area contributed by atoms with Gasteiger partial charge in [-0.3, -0.25) is 19.3 Å². The van der Waals surface area contributed by atoms with Crippen LogP contribution in [0.25, 0.3) is 51.1 Å². The highest BCUT2D eigenvalue weighted by Gasteiger charge is 2.30. The summed E-state index contributed by atoms with van der Waals surface area (Å²) >= 11 is 0. The predicted octanol–water partition coefficient (Wildman–Crippen LogP) is 6.08. The van der Waals surface area contributed by atoms with Crippen molar-refractivity contribution in [3.63, 3.8) is 0 Å². The Morgan fingerprint density at radius 1 is 0.868 bits per heavy atom. The quantitative estimate of drug-likeness (QED) is 0.280. The zero-order valence-corrected chi connectivity index (χ0v) is 19.6. The van der Waals surface area contributed by atoms with Crippen molar-refractivity contribution in [2.75, 3.05) is 0 Å². The van der Waals surface area contributed by atoms with Crippen LogP contribution < -0.4 is 5.56 Å². The number of alkyl halides is 3. The second-order valence-electron chi connectivity index (χ2n) is 8.39. The first-order valence-corrected chi connectivity index (χ1v) is 11.3. The Balaban J connectivity index is 1.51. The van der Waals surface area contributed by atoms with Gasteiger partial charge in [-0.15, -0.1) is 0 Å². The number of aryl methyl sites for hydroxylation is 1. The highest BCUT2D eigenvalue weighted by molar-refractivity contribution is 5.78. The van der Waals surface area contributed by atoms with Crippen molar-refractivity contribution in [3.05, 3.63) is 101 Å². The molecule has 0 atom stereocenters. The Morgan fingerprint density at radius 2 is 1.68 bits per heavy atom. The summed E-state index contributed by atoms with van der Waals surface area (Å²) in [5.41, 5.74) is 0.658. The number of aromatic nitrogens is 5. The van der Waals surface area contributed by atoms with Gasteiger partial charge in [0.15, 0.2) is 11.6 Å². The number of pyridine rings is 3. The van der Waals surface area contributed by atoms with Crippen molar-refractivity contribution in [1.29, 1.82) is 0 Å². The summed E-state index contributed by atoms with van der Waals surface area (Å²) in [6.07, 6.45) is 1.54. The maximum atomic E-state index is 13.3. The standard InChI is InChI=1S/C27H16F3N5O3/c1-15-13-18(8-11-31-15)24-33-14-20(37-24)25-34-23(35-12-9-16-3-2-10-32-21(16)26(35)36)22(38-25)17-4-6-19(7-5-17)27(28,29)30/h2-14H,1H3. The number of halogens is 3. The second kappa shape index (κ2) is 8.80. The normalized spacial score (nSPS) is 11.8. The Bertz CT molecular complexity index is 1850. The van der Waals surface area contributed by atoms with Gasteiger partial charge in [-0.05, 0) is 43.3 Å². The van der Waals surface area contributed by atoms with E-state index in [1.165, 1.54) is 35.3 Å². The third kappa shape index (κ3) is 4.13. The van der Waals surface area contributed by atoms with E-state index in [1.807, 2.05) is 6.92 Å². The third-order valence-corrected chi connectivity index (χ3v) is 5.84. The molecule has 0 aliphatic rings. The molecule has 0 saturated heterocycles. The Labute approximate surface area is 212 Å². The summed E-state index contributed by atoms with van der Waals surface area (Å²) in [5.74, 6) is 0.598. The number of hydrogen-bond donors (Lipinski definition) is 0. The lowest BCUT2D eigenvalue weighted by atomic mass is 10.1. The van der Waals surface area contributed by atoms with Crippen LogP contribution in [-0.4, -0.2) is 24.5 Å². The molecule has 0 aliphatic carbocycles. The topological polar surface area (TPSA) is 99.8 Å². The van der Waals surface area contributed by atoms with Crippen molar-refractivity contribution in [2.24, 2.45) is 0 Å². The van der Waals surface area contributed by atoms with Crippen LogP contribution in [0.2, 0.25) is 0 Å². The minimum absolute atomic E-state index is 0.00700. The Kier molecular flexibility index (Phi) is 5.41. The molecule has 1 aromatic carbocycles. The van der Waals surface area contributed by atoms with Gasteiger partial charge in [0, 0.05) is 40.8 Å². The van der Waals surface area contributed by atoms with E-state index in [4.69, 9.17) is 8.83 Å². The van der Waals surface area contributed by atoms with E-state index >= 15 is 0 Å². The summed E-state index contributed by atoms with van der Waals surface area (Å²) in [5, 5.41) is 0.626. The Morgan fingerprint density at radius 3 is 2.45 bits per heavy atom. The van der Waals surface area contributed by atoms with Crippen LogP contribution in [0.1, 0.15) is 11.3 Å². The molecule has 0 aliphatic heterocycles. The zero-order valence-electron chi connectivity index (χ0n) is 19.6. The maximum absolute atomic E-state index is 13.3. The van der Waals surface area contributed by atoms with Crippen molar-refractivity contribution in [3.8, 4) is 40.2 Å². The van der Waals surface area contributed by atoms with Crippen molar-refractivity contribution in [2.45, 2.75) is 13.1 Å². The van der Waals surface area contributed by atoms with Crippen molar-refractivity contribution >= 4 is 10.9 Å². The highest BCUT2D eigenvalue weighted by atomic mass is 19.4. The summed E-state index contributed by atoms with van der Waals surface area (Å²) in [7, 11) is 0. The van der Waals surface area contributed by atoms with Gasteiger partial charge >= 0.3 is 6.18 Å². The fraction of sp³-hybridized carbons (Fsp3) is 0.0741. The number of rotatable bonds is 4. The summed E-state index contributed by atoms with van der Waals surface area (Å²) in [6.45, 7) is 1.83. The van der Waals surface area contributed by atoms with Crippen LogP contribution >= 0.6 is 0 Å². The van der Waals surface area contributed by atoms with Gasteiger partial charge in [0.25, 0.3) is 11.4 Å². The van der Waals surface area contributed by atoms with Crippen molar-refractivity contribution in [1.82, 2.24) is 24.5 Å². The third-order valence-electron chi connectivity index (χ3n) is 5.84. The van der Waals surface area contributed by atoms with E-state index in [1.54, 1.807) is 36.5 Å². The molecule has 188 valence electrons.